The molecule has 10 heteroatoms. The molecule has 0 unspecified atom stereocenters. The van der Waals surface area contributed by atoms with Gasteiger partial charge < -0.3 is 4.74 Å². The maximum Gasteiger partial charge on any atom is 0.420 e. The van der Waals surface area contributed by atoms with Gasteiger partial charge in [-0.1, -0.05) is 26.0 Å². The van der Waals surface area contributed by atoms with Crippen molar-refractivity contribution in [3.8, 4) is 11.3 Å². The number of benzene rings is 1. The molecule has 1 aliphatic carbocycles. The van der Waals surface area contributed by atoms with Gasteiger partial charge in [0.15, 0.2) is 5.65 Å². The van der Waals surface area contributed by atoms with Crippen molar-refractivity contribution in [2.24, 2.45) is 0 Å². The molecule has 1 aliphatic heterocycles. The number of amides is 2. The Morgan fingerprint density at radius 1 is 0.978 bits per heavy atom. The van der Waals surface area contributed by atoms with E-state index in [2.05, 4.69) is 37.8 Å². The molecule has 9 nitrogen and oxygen atoms in total. The molecule has 4 aromatic heterocycles. The first kappa shape index (κ1) is 29.4. The highest BCUT2D eigenvalue weighted by molar-refractivity contribution is 7.19. The molecule has 232 valence electrons. The van der Waals surface area contributed by atoms with Crippen molar-refractivity contribution in [1.82, 2.24) is 24.1 Å². The monoisotopic (exact) mass is 623 g/mol. The SMILES string of the molecule is Cc1c(-c2c(C(C)C)c3c(C)c(C4CC(N5C(=O)c6ccccc6C5=O)C4)sc3n2C(=O)OC(C)(C)C)cn2ncnc2c1C. The quantitative estimate of drug-likeness (QED) is 0.190. The molecule has 1 saturated carbocycles. The van der Waals surface area contributed by atoms with E-state index in [1.54, 1.807) is 51.0 Å². The lowest BCUT2D eigenvalue weighted by molar-refractivity contribution is 0.0477. The molecule has 7 rings (SSSR count). The van der Waals surface area contributed by atoms with Crippen LogP contribution in [-0.4, -0.2) is 53.6 Å². The van der Waals surface area contributed by atoms with E-state index < -0.39 is 11.7 Å². The summed E-state index contributed by atoms with van der Waals surface area (Å²) < 4.78 is 9.57. The number of aryl methyl sites for hydroxylation is 2. The summed E-state index contributed by atoms with van der Waals surface area (Å²) in [6, 6.07) is 6.91. The molecule has 0 spiro atoms. The Kier molecular flexibility index (Phi) is 6.60. The minimum absolute atomic E-state index is 0.103. The fourth-order valence-electron chi connectivity index (χ4n) is 7.02. The predicted molar refractivity (Wildman–Crippen MR) is 174 cm³/mol. The second-order valence-electron chi connectivity index (χ2n) is 13.7. The smallest absolute Gasteiger partial charge is 0.420 e. The van der Waals surface area contributed by atoms with Crippen LogP contribution in [0.2, 0.25) is 0 Å². The summed E-state index contributed by atoms with van der Waals surface area (Å²) >= 11 is 1.62. The number of aromatic nitrogens is 4. The standard InChI is InChI=1S/C35H37N5O4S/c1-17(2)26-27-20(5)29(21-13-22(14-21)39-31(41)23-11-9-10-12-24(23)32(39)42)45-33(27)40(34(43)44-35(6,7)8)28(26)25-15-38-30(36-16-37-38)19(4)18(25)3/h9-12,15-17,21-22H,13-14H2,1-8H3. The van der Waals surface area contributed by atoms with Gasteiger partial charge in [-0.2, -0.15) is 5.10 Å². The van der Waals surface area contributed by atoms with Crippen molar-refractivity contribution >= 4 is 45.1 Å². The Labute approximate surface area is 265 Å². The number of nitrogens with zero attached hydrogens (tertiary/aromatic N) is 5. The van der Waals surface area contributed by atoms with Crippen LogP contribution in [0, 0.1) is 20.8 Å². The minimum atomic E-state index is -0.688. The summed E-state index contributed by atoms with van der Waals surface area (Å²) in [7, 11) is 0. The average Bonchev–Trinajstić information content (AvgIpc) is 3.69. The van der Waals surface area contributed by atoms with Gasteiger partial charge in [0.25, 0.3) is 11.8 Å². The lowest BCUT2D eigenvalue weighted by Crippen LogP contribution is -2.46. The van der Waals surface area contributed by atoms with Crippen LogP contribution < -0.4 is 0 Å². The number of imide groups is 1. The van der Waals surface area contributed by atoms with Crippen molar-refractivity contribution in [2.75, 3.05) is 0 Å². The second-order valence-corrected chi connectivity index (χ2v) is 14.7. The zero-order chi connectivity index (χ0) is 32.1. The molecular formula is C35H37N5O4S. The van der Waals surface area contributed by atoms with E-state index >= 15 is 0 Å². The van der Waals surface area contributed by atoms with Crippen molar-refractivity contribution in [3.63, 3.8) is 0 Å². The molecule has 5 aromatic rings. The van der Waals surface area contributed by atoms with Crippen molar-refractivity contribution < 1.29 is 19.1 Å². The molecule has 1 fully saturated rings. The van der Waals surface area contributed by atoms with E-state index in [4.69, 9.17) is 4.74 Å². The van der Waals surface area contributed by atoms with E-state index in [0.717, 1.165) is 49.4 Å². The van der Waals surface area contributed by atoms with E-state index in [1.807, 2.05) is 33.9 Å². The van der Waals surface area contributed by atoms with Gasteiger partial charge in [0.1, 0.15) is 16.8 Å². The summed E-state index contributed by atoms with van der Waals surface area (Å²) in [5.74, 6) is -0.121. The van der Waals surface area contributed by atoms with Crippen LogP contribution in [0.5, 0.6) is 0 Å². The van der Waals surface area contributed by atoms with Gasteiger partial charge in [-0.3, -0.25) is 14.5 Å². The van der Waals surface area contributed by atoms with Gasteiger partial charge in [0.05, 0.1) is 16.8 Å². The van der Waals surface area contributed by atoms with Crippen molar-refractivity contribution in [2.45, 2.75) is 91.7 Å². The van der Waals surface area contributed by atoms with Gasteiger partial charge in [-0.15, -0.1) is 11.3 Å². The van der Waals surface area contributed by atoms with Crippen LogP contribution in [0.1, 0.15) is 107 Å². The predicted octanol–water partition coefficient (Wildman–Crippen LogP) is 7.79. The molecule has 0 saturated heterocycles. The third kappa shape index (κ3) is 4.36. The van der Waals surface area contributed by atoms with Gasteiger partial charge in [0.2, 0.25) is 0 Å². The molecular weight excluding hydrogens is 586 g/mol. The summed E-state index contributed by atoms with van der Waals surface area (Å²) in [5.41, 5.74) is 7.09. The molecule has 2 amide bonds. The van der Waals surface area contributed by atoms with Gasteiger partial charge in [0, 0.05) is 28.1 Å². The van der Waals surface area contributed by atoms with Crippen LogP contribution in [-0.2, 0) is 4.74 Å². The maximum atomic E-state index is 14.1. The summed E-state index contributed by atoms with van der Waals surface area (Å²) in [6.45, 7) is 16.2. The largest absolute Gasteiger partial charge is 0.443 e. The Morgan fingerprint density at radius 2 is 1.62 bits per heavy atom. The van der Waals surface area contributed by atoms with Gasteiger partial charge in [-0.25, -0.2) is 18.9 Å². The number of thiophene rings is 1. The lowest BCUT2D eigenvalue weighted by atomic mass is 9.77. The first-order valence-corrected chi connectivity index (χ1v) is 16.3. The van der Waals surface area contributed by atoms with Crippen molar-refractivity contribution in [1.29, 1.82) is 0 Å². The van der Waals surface area contributed by atoms with E-state index in [1.165, 1.54) is 9.78 Å². The van der Waals surface area contributed by atoms with E-state index in [0.29, 0.717) is 24.0 Å². The highest BCUT2D eigenvalue weighted by Gasteiger charge is 2.46. The summed E-state index contributed by atoms with van der Waals surface area (Å²) in [5, 5.41) is 5.50. The summed E-state index contributed by atoms with van der Waals surface area (Å²) in [4.78, 5) is 48.3. The Morgan fingerprint density at radius 3 is 2.22 bits per heavy atom. The van der Waals surface area contributed by atoms with Crippen molar-refractivity contribution in [3.05, 3.63) is 75.0 Å². The number of hydrogen-bond donors (Lipinski definition) is 0. The average molecular weight is 624 g/mol. The van der Waals surface area contributed by atoms with Crippen LogP contribution in [0.15, 0.2) is 36.8 Å². The number of carbonyl (C=O) groups is 3. The Hall–Kier alpha value is -4.31. The zero-order valence-electron chi connectivity index (χ0n) is 26.9. The topological polar surface area (TPSA) is 98.8 Å². The van der Waals surface area contributed by atoms with Crippen LogP contribution in [0.3, 0.4) is 0 Å². The Bertz CT molecular complexity index is 2030. The molecule has 5 heterocycles. The molecule has 1 aromatic carbocycles. The molecule has 0 atom stereocenters. The number of carbonyl (C=O) groups excluding carboxylic acids is 3. The zero-order valence-corrected chi connectivity index (χ0v) is 27.7. The molecule has 2 aliphatic rings. The first-order chi connectivity index (χ1) is 21.3. The number of ether oxygens (including phenoxy) is 1. The Balaban J connectivity index is 1.35. The molecule has 45 heavy (non-hydrogen) atoms. The van der Waals surface area contributed by atoms with Crippen LogP contribution in [0.25, 0.3) is 27.1 Å². The number of hydrogen-bond acceptors (Lipinski definition) is 7. The fourth-order valence-corrected chi connectivity index (χ4v) is 8.47. The number of fused-ring (bicyclic) bond motifs is 3. The maximum absolute atomic E-state index is 14.1. The highest BCUT2D eigenvalue weighted by atomic mass is 32.1. The van der Waals surface area contributed by atoms with Crippen LogP contribution >= 0.6 is 11.3 Å². The summed E-state index contributed by atoms with van der Waals surface area (Å²) in [6.07, 6.45) is 4.49. The number of rotatable bonds is 4. The fraction of sp³-hybridized carbons (Fsp3) is 0.400. The number of pyridine rings is 1. The third-order valence-corrected chi connectivity index (χ3v) is 10.8. The normalized spacial score (nSPS) is 18.4. The van der Waals surface area contributed by atoms with Gasteiger partial charge in [-0.05, 0) is 101 Å². The van der Waals surface area contributed by atoms with Gasteiger partial charge >= 0.3 is 6.09 Å². The minimum Gasteiger partial charge on any atom is -0.443 e. The molecule has 0 bridgehead atoms. The second kappa shape index (κ2) is 10.1. The van der Waals surface area contributed by atoms with Crippen LogP contribution in [0.4, 0.5) is 4.79 Å². The first-order valence-electron chi connectivity index (χ1n) is 15.5. The molecule has 0 N–H and O–H groups in total. The van der Waals surface area contributed by atoms with E-state index in [9.17, 15) is 14.4 Å². The third-order valence-electron chi connectivity index (χ3n) is 9.33. The molecule has 0 radical (unpaired) electrons. The van der Waals surface area contributed by atoms with E-state index in [-0.39, 0.29) is 29.7 Å². The lowest BCUT2D eigenvalue weighted by Gasteiger charge is -2.40. The highest BCUT2D eigenvalue weighted by Crippen LogP contribution is 2.52.